The summed E-state index contributed by atoms with van der Waals surface area (Å²) in [7, 11) is 0. The van der Waals surface area contributed by atoms with Crippen LogP contribution in [0.15, 0.2) is 6.07 Å². The molecule has 2 fully saturated rings. The summed E-state index contributed by atoms with van der Waals surface area (Å²) in [5.41, 5.74) is 1.56. The summed E-state index contributed by atoms with van der Waals surface area (Å²) in [5.74, 6) is 0.862. The standard InChI is InChI=1S/C17H28N2S/c1-12-4-5-13(2)19(10-12)11-15-8-17(20-14(15)3)9-18-16-6-7-16/h8,12-13,16,18H,4-7,9-11H2,1-3H3. The smallest absolute Gasteiger partial charge is 0.0302 e. The lowest BCUT2D eigenvalue weighted by Gasteiger charge is -2.36. The number of aryl methyl sites for hydroxylation is 1. The zero-order chi connectivity index (χ0) is 14.1. The van der Waals surface area contributed by atoms with Crippen LogP contribution in [0.25, 0.3) is 0 Å². The van der Waals surface area contributed by atoms with Crippen molar-refractivity contribution < 1.29 is 0 Å². The van der Waals surface area contributed by atoms with Gasteiger partial charge in [0.1, 0.15) is 0 Å². The third-order valence-electron chi connectivity index (χ3n) is 4.83. The molecule has 1 N–H and O–H groups in total. The molecule has 0 aromatic carbocycles. The van der Waals surface area contributed by atoms with Crippen LogP contribution in [0, 0.1) is 12.8 Å². The number of thiophene rings is 1. The Morgan fingerprint density at radius 2 is 2.05 bits per heavy atom. The van der Waals surface area contributed by atoms with E-state index in [1.54, 1.807) is 5.56 Å². The molecule has 0 spiro atoms. The second-order valence-electron chi connectivity index (χ2n) is 6.91. The zero-order valence-corrected chi connectivity index (χ0v) is 13.9. The van der Waals surface area contributed by atoms with E-state index in [1.165, 1.54) is 42.0 Å². The summed E-state index contributed by atoms with van der Waals surface area (Å²) < 4.78 is 0. The van der Waals surface area contributed by atoms with Gasteiger partial charge in [-0.2, -0.15) is 0 Å². The molecular weight excluding hydrogens is 264 g/mol. The highest BCUT2D eigenvalue weighted by atomic mass is 32.1. The largest absolute Gasteiger partial charge is 0.309 e. The van der Waals surface area contributed by atoms with Gasteiger partial charge in [0.05, 0.1) is 0 Å². The van der Waals surface area contributed by atoms with E-state index in [4.69, 9.17) is 0 Å². The van der Waals surface area contributed by atoms with Crippen LogP contribution in [0.1, 0.15) is 54.8 Å². The monoisotopic (exact) mass is 292 g/mol. The molecule has 3 heteroatoms. The van der Waals surface area contributed by atoms with Crippen molar-refractivity contribution in [1.82, 2.24) is 10.2 Å². The molecule has 2 unspecified atom stereocenters. The minimum Gasteiger partial charge on any atom is -0.309 e. The lowest BCUT2D eigenvalue weighted by atomic mass is 9.94. The molecule has 112 valence electrons. The van der Waals surface area contributed by atoms with Crippen LogP contribution in [0.5, 0.6) is 0 Å². The molecule has 1 saturated heterocycles. The minimum absolute atomic E-state index is 0.749. The van der Waals surface area contributed by atoms with Crippen molar-refractivity contribution in [3.63, 3.8) is 0 Å². The third-order valence-corrected chi connectivity index (χ3v) is 5.93. The second-order valence-corrected chi connectivity index (χ2v) is 8.25. The molecule has 2 atom stereocenters. The molecule has 20 heavy (non-hydrogen) atoms. The molecule has 3 rings (SSSR count). The summed E-state index contributed by atoms with van der Waals surface area (Å²) in [6.07, 6.45) is 5.51. The first-order valence-corrected chi connectivity index (χ1v) is 8.99. The first-order chi connectivity index (χ1) is 9.61. The molecule has 1 aromatic heterocycles. The maximum atomic E-state index is 3.63. The van der Waals surface area contributed by atoms with Gasteiger partial charge in [-0.1, -0.05) is 6.92 Å². The maximum Gasteiger partial charge on any atom is 0.0302 e. The van der Waals surface area contributed by atoms with Crippen LogP contribution < -0.4 is 5.32 Å². The summed E-state index contributed by atoms with van der Waals surface area (Å²) in [5, 5.41) is 3.63. The predicted octanol–water partition coefficient (Wildman–Crippen LogP) is 3.93. The summed E-state index contributed by atoms with van der Waals surface area (Å²) in [6.45, 7) is 10.6. The quantitative estimate of drug-likeness (QED) is 0.884. The number of rotatable bonds is 5. The molecule has 1 saturated carbocycles. The first kappa shape index (κ1) is 14.6. The van der Waals surface area contributed by atoms with Crippen LogP contribution >= 0.6 is 11.3 Å². The van der Waals surface area contributed by atoms with Crippen LogP contribution in [-0.2, 0) is 13.1 Å². The topological polar surface area (TPSA) is 15.3 Å². The van der Waals surface area contributed by atoms with Gasteiger partial charge in [-0.25, -0.2) is 0 Å². The Morgan fingerprint density at radius 1 is 1.25 bits per heavy atom. The molecule has 2 nitrogen and oxygen atoms in total. The highest BCUT2D eigenvalue weighted by molar-refractivity contribution is 7.12. The molecule has 0 bridgehead atoms. The van der Waals surface area contributed by atoms with Crippen molar-refractivity contribution in [3.8, 4) is 0 Å². The molecule has 1 aliphatic carbocycles. The van der Waals surface area contributed by atoms with Gasteiger partial charge in [-0.3, -0.25) is 4.90 Å². The molecule has 2 heterocycles. The Bertz CT molecular complexity index is 450. The van der Waals surface area contributed by atoms with E-state index in [1.807, 2.05) is 11.3 Å². The van der Waals surface area contributed by atoms with Crippen molar-refractivity contribution in [2.45, 2.75) is 71.6 Å². The Morgan fingerprint density at radius 3 is 2.80 bits per heavy atom. The van der Waals surface area contributed by atoms with E-state index in [-0.39, 0.29) is 0 Å². The highest BCUT2D eigenvalue weighted by Gasteiger charge is 2.24. The molecular formula is C17H28N2S. The number of piperidine rings is 1. The number of nitrogens with zero attached hydrogens (tertiary/aromatic N) is 1. The number of hydrogen-bond acceptors (Lipinski definition) is 3. The zero-order valence-electron chi connectivity index (χ0n) is 13.1. The van der Waals surface area contributed by atoms with Gasteiger partial charge in [0.2, 0.25) is 0 Å². The van der Waals surface area contributed by atoms with Gasteiger partial charge in [0, 0.05) is 41.5 Å². The van der Waals surface area contributed by atoms with E-state index in [0.717, 1.165) is 31.1 Å². The summed E-state index contributed by atoms with van der Waals surface area (Å²) in [6, 6.07) is 4.00. The summed E-state index contributed by atoms with van der Waals surface area (Å²) in [4.78, 5) is 5.71. The normalized spacial score (nSPS) is 27.9. The van der Waals surface area contributed by atoms with E-state index >= 15 is 0 Å². The molecule has 0 radical (unpaired) electrons. The average molecular weight is 292 g/mol. The Kier molecular flexibility index (Phi) is 4.49. The van der Waals surface area contributed by atoms with Gasteiger partial charge in [-0.05, 0) is 57.1 Å². The molecule has 1 aromatic rings. The van der Waals surface area contributed by atoms with Crippen molar-refractivity contribution >= 4 is 11.3 Å². The van der Waals surface area contributed by atoms with E-state index < -0.39 is 0 Å². The molecule has 1 aliphatic heterocycles. The van der Waals surface area contributed by atoms with Gasteiger partial charge < -0.3 is 5.32 Å². The Hall–Kier alpha value is -0.380. The number of nitrogens with one attached hydrogen (secondary N) is 1. The van der Waals surface area contributed by atoms with Gasteiger partial charge in [-0.15, -0.1) is 11.3 Å². The van der Waals surface area contributed by atoms with Crippen molar-refractivity contribution in [2.75, 3.05) is 6.54 Å². The van der Waals surface area contributed by atoms with Crippen molar-refractivity contribution in [3.05, 3.63) is 21.4 Å². The fourth-order valence-corrected chi connectivity index (χ4v) is 4.19. The van der Waals surface area contributed by atoms with Crippen LogP contribution in [-0.4, -0.2) is 23.5 Å². The number of hydrogen-bond donors (Lipinski definition) is 1. The maximum absolute atomic E-state index is 3.63. The van der Waals surface area contributed by atoms with Crippen molar-refractivity contribution in [1.29, 1.82) is 0 Å². The van der Waals surface area contributed by atoms with Gasteiger partial charge in [0.25, 0.3) is 0 Å². The predicted molar refractivity (Wildman–Crippen MR) is 87.2 cm³/mol. The van der Waals surface area contributed by atoms with Crippen molar-refractivity contribution in [2.24, 2.45) is 5.92 Å². The van der Waals surface area contributed by atoms with Crippen LogP contribution in [0.4, 0.5) is 0 Å². The van der Waals surface area contributed by atoms with E-state index in [2.05, 4.69) is 37.1 Å². The SMILES string of the molecule is Cc1sc(CNC2CC2)cc1CN1CC(C)CCC1C. The third kappa shape index (κ3) is 3.63. The van der Waals surface area contributed by atoms with E-state index in [9.17, 15) is 0 Å². The fraction of sp³-hybridized carbons (Fsp3) is 0.765. The first-order valence-electron chi connectivity index (χ1n) is 8.17. The van der Waals surface area contributed by atoms with Crippen LogP contribution in [0.2, 0.25) is 0 Å². The molecule has 0 amide bonds. The minimum atomic E-state index is 0.749. The fourth-order valence-electron chi connectivity index (χ4n) is 3.18. The molecule has 2 aliphatic rings. The van der Waals surface area contributed by atoms with Gasteiger partial charge in [0.15, 0.2) is 0 Å². The number of likely N-dealkylation sites (tertiary alicyclic amines) is 1. The Labute approximate surface area is 127 Å². The van der Waals surface area contributed by atoms with Crippen LogP contribution in [0.3, 0.4) is 0 Å². The second kappa shape index (κ2) is 6.17. The lowest BCUT2D eigenvalue weighted by molar-refractivity contribution is 0.117. The summed E-state index contributed by atoms with van der Waals surface area (Å²) >= 11 is 1.99. The van der Waals surface area contributed by atoms with E-state index in [0.29, 0.717) is 0 Å². The lowest BCUT2D eigenvalue weighted by Crippen LogP contribution is -2.40. The van der Waals surface area contributed by atoms with Gasteiger partial charge >= 0.3 is 0 Å². The average Bonchev–Trinajstić information content (AvgIpc) is 3.17. The Balaban J connectivity index is 1.60. The highest BCUT2D eigenvalue weighted by Crippen LogP contribution is 2.28.